The largest absolute Gasteiger partial charge is 0.342 e. The number of hydrogen-bond donors (Lipinski definition) is 2. The van der Waals surface area contributed by atoms with Crippen LogP contribution in [0, 0.1) is 0 Å². The third-order valence-corrected chi connectivity index (χ3v) is 6.58. The smallest absolute Gasteiger partial charge is 0.253 e. The Labute approximate surface area is 220 Å². The number of anilines is 1. The Hall–Kier alpha value is -2.23. The number of hydrogen-bond acceptors (Lipinski definition) is 5. The van der Waals surface area contributed by atoms with Crippen LogP contribution >= 0.6 is 58.2 Å². The quantitative estimate of drug-likeness (QED) is 0.237. The van der Waals surface area contributed by atoms with Crippen molar-refractivity contribution in [2.24, 2.45) is 0 Å². The van der Waals surface area contributed by atoms with E-state index in [9.17, 15) is 9.59 Å². The molecule has 2 aromatic carbocycles. The minimum Gasteiger partial charge on any atom is -0.342 e. The SMILES string of the molecule is C=CCn1c(SCC(=O)Nc2cc(Cl)ccc2Cl)nnc1[C@H](C)NC(=O)c1ccc(Cl)cc1Cl. The van der Waals surface area contributed by atoms with Crippen molar-refractivity contribution in [1.82, 2.24) is 20.1 Å². The molecule has 1 aromatic heterocycles. The molecular weight excluding hydrogens is 540 g/mol. The van der Waals surface area contributed by atoms with E-state index in [0.29, 0.717) is 43.8 Å². The summed E-state index contributed by atoms with van der Waals surface area (Å²) in [5.74, 6) is -0.116. The number of carbonyl (C=O) groups excluding carboxylic acids is 2. The second kappa shape index (κ2) is 12.0. The molecule has 34 heavy (non-hydrogen) atoms. The van der Waals surface area contributed by atoms with Crippen LogP contribution < -0.4 is 10.6 Å². The lowest BCUT2D eigenvalue weighted by atomic mass is 10.2. The zero-order chi connectivity index (χ0) is 24.8. The highest BCUT2D eigenvalue weighted by molar-refractivity contribution is 7.99. The fourth-order valence-corrected chi connectivity index (χ4v) is 4.54. The first-order valence-corrected chi connectivity index (χ1v) is 12.4. The van der Waals surface area contributed by atoms with Gasteiger partial charge in [-0.1, -0.05) is 64.2 Å². The Bertz CT molecular complexity index is 1230. The van der Waals surface area contributed by atoms with Gasteiger partial charge in [0, 0.05) is 16.6 Å². The molecule has 0 aliphatic rings. The molecule has 0 aliphatic heterocycles. The Kier molecular flexibility index (Phi) is 9.27. The van der Waals surface area contributed by atoms with Gasteiger partial charge in [0.25, 0.3) is 5.91 Å². The van der Waals surface area contributed by atoms with Crippen molar-refractivity contribution >= 4 is 75.7 Å². The van der Waals surface area contributed by atoms with Gasteiger partial charge in [0.15, 0.2) is 11.0 Å². The number of thioether (sulfide) groups is 1. The van der Waals surface area contributed by atoms with Crippen molar-refractivity contribution in [2.45, 2.75) is 24.7 Å². The maximum atomic E-state index is 12.7. The van der Waals surface area contributed by atoms with E-state index in [2.05, 4.69) is 27.4 Å². The average molecular weight is 559 g/mol. The van der Waals surface area contributed by atoms with Gasteiger partial charge in [-0.25, -0.2) is 0 Å². The van der Waals surface area contributed by atoms with Gasteiger partial charge < -0.3 is 15.2 Å². The Morgan fingerprint density at radius 2 is 1.79 bits per heavy atom. The number of halogens is 4. The summed E-state index contributed by atoms with van der Waals surface area (Å²) >= 11 is 25.3. The Balaban J connectivity index is 1.69. The van der Waals surface area contributed by atoms with Crippen LogP contribution in [0.25, 0.3) is 0 Å². The topological polar surface area (TPSA) is 88.9 Å². The van der Waals surface area contributed by atoms with Crippen molar-refractivity contribution in [3.8, 4) is 0 Å². The van der Waals surface area contributed by atoms with Crippen LogP contribution in [0.3, 0.4) is 0 Å². The molecule has 12 heteroatoms. The predicted molar refractivity (Wildman–Crippen MR) is 138 cm³/mol. The van der Waals surface area contributed by atoms with Crippen molar-refractivity contribution in [2.75, 3.05) is 11.1 Å². The fraction of sp³-hybridized carbons (Fsp3) is 0.182. The molecule has 0 radical (unpaired) electrons. The van der Waals surface area contributed by atoms with Crippen molar-refractivity contribution in [3.63, 3.8) is 0 Å². The molecule has 7 nitrogen and oxygen atoms in total. The minimum atomic E-state index is -0.500. The zero-order valence-electron chi connectivity index (χ0n) is 17.8. The summed E-state index contributed by atoms with van der Waals surface area (Å²) in [6.07, 6.45) is 1.67. The maximum absolute atomic E-state index is 12.7. The molecule has 1 heterocycles. The van der Waals surface area contributed by atoms with Crippen molar-refractivity contribution < 1.29 is 9.59 Å². The van der Waals surface area contributed by atoms with Crippen LogP contribution in [-0.4, -0.2) is 32.3 Å². The van der Waals surface area contributed by atoms with Gasteiger partial charge in [0.1, 0.15) is 0 Å². The molecule has 0 saturated heterocycles. The van der Waals surface area contributed by atoms with Gasteiger partial charge in [0.2, 0.25) is 5.91 Å². The second-order valence-corrected chi connectivity index (χ2v) is 9.65. The highest BCUT2D eigenvalue weighted by Gasteiger charge is 2.21. The summed E-state index contributed by atoms with van der Waals surface area (Å²) in [5, 5.41) is 16.0. The summed E-state index contributed by atoms with van der Waals surface area (Å²) in [5.41, 5.74) is 0.712. The van der Waals surface area contributed by atoms with E-state index >= 15 is 0 Å². The summed E-state index contributed by atoms with van der Waals surface area (Å²) in [7, 11) is 0. The molecule has 1 atom stereocenters. The lowest BCUT2D eigenvalue weighted by molar-refractivity contribution is -0.113. The van der Waals surface area contributed by atoms with Gasteiger partial charge in [0.05, 0.1) is 33.1 Å². The number of amides is 2. The third-order valence-electron chi connectivity index (χ3n) is 4.50. The fourth-order valence-electron chi connectivity index (χ4n) is 2.95. The molecule has 0 bridgehead atoms. The first kappa shape index (κ1) is 26.4. The zero-order valence-corrected chi connectivity index (χ0v) is 21.7. The summed E-state index contributed by atoms with van der Waals surface area (Å²) in [6.45, 7) is 5.92. The monoisotopic (exact) mass is 557 g/mol. The number of carbonyl (C=O) groups is 2. The number of benzene rings is 2. The molecular formula is C22H19Cl4N5O2S. The maximum Gasteiger partial charge on any atom is 0.253 e. The number of nitrogens with zero attached hydrogens (tertiary/aromatic N) is 3. The number of allylic oxidation sites excluding steroid dienone is 1. The first-order chi connectivity index (χ1) is 16.2. The van der Waals surface area contributed by atoms with E-state index in [-0.39, 0.29) is 22.6 Å². The second-order valence-electron chi connectivity index (χ2n) is 7.02. The van der Waals surface area contributed by atoms with Gasteiger partial charge in [-0.3, -0.25) is 9.59 Å². The third kappa shape index (κ3) is 6.67. The number of nitrogens with one attached hydrogen (secondary N) is 2. The normalized spacial score (nSPS) is 11.7. The van der Waals surface area contributed by atoms with Crippen LogP contribution in [-0.2, 0) is 11.3 Å². The first-order valence-electron chi connectivity index (χ1n) is 9.87. The molecule has 2 amide bonds. The van der Waals surface area contributed by atoms with E-state index in [1.165, 1.54) is 17.8 Å². The average Bonchev–Trinajstić information content (AvgIpc) is 3.17. The molecule has 178 valence electrons. The lowest BCUT2D eigenvalue weighted by Gasteiger charge is -2.16. The molecule has 0 unspecified atom stereocenters. The number of aromatic nitrogens is 3. The van der Waals surface area contributed by atoms with E-state index < -0.39 is 6.04 Å². The molecule has 0 aliphatic carbocycles. The van der Waals surface area contributed by atoms with Crippen LogP contribution in [0.15, 0.2) is 54.2 Å². The minimum absolute atomic E-state index is 0.0548. The highest BCUT2D eigenvalue weighted by Crippen LogP contribution is 2.27. The lowest BCUT2D eigenvalue weighted by Crippen LogP contribution is -2.29. The summed E-state index contributed by atoms with van der Waals surface area (Å²) < 4.78 is 1.77. The number of rotatable bonds is 9. The highest BCUT2D eigenvalue weighted by atomic mass is 35.5. The van der Waals surface area contributed by atoms with Crippen LogP contribution in [0.5, 0.6) is 0 Å². The molecule has 3 rings (SSSR count). The van der Waals surface area contributed by atoms with Crippen LogP contribution in [0.2, 0.25) is 20.1 Å². The summed E-state index contributed by atoms with van der Waals surface area (Å²) in [6, 6.07) is 8.94. The molecule has 0 saturated carbocycles. The van der Waals surface area contributed by atoms with Crippen LogP contribution in [0.1, 0.15) is 29.1 Å². The van der Waals surface area contributed by atoms with Crippen LogP contribution in [0.4, 0.5) is 5.69 Å². The van der Waals surface area contributed by atoms with E-state index in [4.69, 9.17) is 46.4 Å². The van der Waals surface area contributed by atoms with Gasteiger partial charge >= 0.3 is 0 Å². The Morgan fingerprint density at radius 3 is 2.50 bits per heavy atom. The van der Waals surface area contributed by atoms with E-state index in [1.807, 2.05) is 0 Å². The van der Waals surface area contributed by atoms with Gasteiger partial charge in [-0.15, -0.1) is 16.8 Å². The van der Waals surface area contributed by atoms with Crippen molar-refractivity contribution in [1.29, 1.82) is 0 Å². The van der Waals surface area contributed by atoms with Gasteiger partial charge in [-0.05, 0) is 43.3 Å². The van der Waals surface area contributed by atoms with Gasteiger partial charge in [-0.2, -0.15) is 0 Å². The predicted octanol–water partition coefficient (Wildman–Crippen LogP) is 6.30. The molecule has 0 fully saturated rings. The molecule has 0 spiro atoms. The van der Waals surface area contributed by atoms with E-state index in [1.54, 1.807) is 47.9 Å². The molecule has 2 N–H and O–H groups in total. The summed E-state index contributed by atoms with van der Waals surface area (Å²) in [4.78, 5) is 25.1. The molecule has 3 aromatic rings. The standard InChI is InChI=1S/C22H19Cl4N5O2S/c1-3-8-31-20(12(2)27-21(33)15-6-4-13(23)9-17(15)26)29-30-22(31)34-11-19(32)28-18-10-14(24)5-7-16(18)25/h3-7,9-10,12H,1,8,11H2,2H3,(H,27,33)(H,28,32)/t12-/m0/s1. The van der Waals surface area contributed by atoms with Crippen molar-refractivity contribution in [3.05, 3.63) is 80.5 Å². The Morgan fingerprint density at radius 1 is 1.09 bits per heavy atom. The van der Waals surface area contributed by atoms with E-state index in [0.717, 1.165) is 0 Å².